The average molecular weight is 306 g/mol. The van der Waals surface area contributed by atoms with E-state index < -0.39 is 0 Å². The Labute approximate surface area is 134 Å². The fraction of sp³-hybridized carbons (Fsp3) is 0.789. The van der Waals surface area contributed by atoms with E-state index in [4.69, 9.17) is 4.74 Å². The lowest BCUT2D eigenvalue weighted by Gasteiger charge is -2.31. The highest BCUT2D eigenvalue weighted by molar-refractivity contribution is 6.05. The van der Waals surface area contributed by atoms with Crippen LogP contribution in [0, 0.1) is 22.7 Å². The van der Waals surface area contributed by atoms with Gasteiger partial charge in [-0.2, -0.15) is 0 Å². The molecule has 2 aliphatic rings. The fourth-order valence-electron chi connectivity index (χ4n) is 4.28. The summed E-state index contributed by atoms with van der Waals surface area (Å²) in [5.74, 6) is 0.114. The summed E-state index contributed by atoms with van der Waals surface area (Å²) < 4.78 is 5.21. The van der Waals surface area contributed by atoms with Gasteiger partial charge in [0, 0.05) is 5.41 Å². The van der Waals surface area contributed by atoms with Crippen LogP contribution < -0.4 is 0 Å². The van der Waals surface area contributed by atoms with Crippen LogP contribution in [0.2, 0.25) is 0 Å². The molecule has 3 nitrogen and oxygen atoms in total. The summed E-state index contributed by atoms with van der Waals surface area (Å²) in [5.41, 5.74) is 0.640. The third-order valence-corrected chi connectivity index (χ3v) is 6.20. The van der Waals surface area contributed by atoms with E-state index in [0.717, 1.165) is 37.7 Å². The quantitative estimate of drug-likeness (QED) is 0.542. The molecule has 0 aromatic rings. The third kappa shape index (κ3) is 2.53. The smallest absolute Gasteiger partial charge is 0.312 e. The Morgan fingerprint density at radius 2 is 2.05 bits per heavy atom. The highest BCUT2D eigenvalue weighted by Crippen LogP contribution is 2.65. The van der Waals surface area contributed by atoms with Crippen LogP contribution in [0.25, 0.3) is 0 Å². The van der Waals surface area contributed by atoms with Gasteiger partial charge in [-0.25, -0.2) is 0 Å². The fourth-order valence-corrected chi connectivity index (χ4v) is 4.28. The molecule has 0 unspecified atom stereocenters. The summed E-state index contributed by atoms with van der Waals surface area (Å²) in [5, 5.41) is 0. The summed E-state index contributed by atoms with van der Waals surface area (Å²) >= 11 is 0. The largest absolute Gasteiger partial charge is 0.466 e. The van der Waals surface area contributed by atoms with Gasteiger partial charge in [0.1, 0.15) is 0 Å². The van der Waals surface area contributed by atoms with Crippen molar-refractivity contribution in [3.63, 3.8) is 0 Å². The maximum Gasteiger partial charge on any atom is 0.312 e. The zero-order chi connectivity index (χ0) is 16.5. The van der Waals surface area contributed by atoms with E-state index in [1.807, 2.05) is 13.0 Å². The van der Waals surface area contributed by atoms with Crippen LogP contribution in [0.3, 0.4) is 0 Å². The number of carbonyl (C=O) groups is 2. The topological polar surface area (TPSA) is 43.4 Å². The summed E-state index contributed by atoms with van der Waals surface area (Å²) in [6.45, 7) is 10.8. The van der Waals surface area contributed by atoms with Crippen LogP contribution >= 0.6 is 0 Å². The van der Waals surface area contributed by atoms with Crippen LogP contribution in [0.15, 0.2) is 11.6 Å². The minimum absolute atomic E-state index is 0.000115. The Bertz CT molecular complexity index is 489. The molecule has 0 amide bonds. The molecule has 124 valence electrons. The van der Waals surface area contributed by atoms with Crippen LogP contribution in [0.1, 0.15) is 66.7 Å². The second-order valence-electron chi connectivity index (χ2n) is 7.60. The normalized spacial score (nSPS) is 32.5. The predicted molar refractivity (Wildman–Crippen MR) is 87.4 cm³/mol. The van der Waals surface area contributed by atoms with Crippen molar-refractivity contribution in [2.75, 3.05) is 6.61 Å². The minimum Gasteiger partial charge on any atom is -0.466 e. The molecule has 2 aliphatic carbocycles. The first-order chi connectivity index (χ1) is 10.3. The average Bonchev–Trinajstić information content (AvgIpc) is 2.77. The van der Waals surface area contributed by atoms with Crippen LogP contribution in [-0.2, 0) is 14.3 Å². The monoisotopic (exact) mass is 306 g/mol. The molecule has 3 heteroatoms. The van der Waals surface area contributed by atoms with Crippen molar-refractivity contribution < 1.29 is 14.3 Å². The molecule has 0 radical (unpaired) electrons. The van der Waals surface area contributed by atoms with E-state index in [1.54, 1.807) is 0 Å². The Balaban J connectivity index is 2.29. The van der Waals surface area contributed by atoms with Gasteiger partial charge >= 0.3 is 5.97 Å². The van der Waals surface area contributed by atoms with Crippen molar-refractivity contribution in [2.24, 2.45) is 22.7 Å². The minimum atomic E-state index is -0.266. The van der Waals surface area contributed by atoms with Crippen molar-refractivity contribution in [2.45, 2.75) is 66.7 Å². The molecule has 2 bridgehead atoms. The zero-order valence-electron chi connectivity index (χ0n) is 14.7. The summed E-state index contributed by atoms with van der Waals surface area (Å²) in [6.07, 6.45) is 6.78. The number of ether oxygens (including phenoxy) is 1. The number of hydrogen-bond acceptors (Lipinski definition) is 3. The van der Waals surface area contributed by atoms with E-state index in [2.05, 4.69) is 27.7 Å². The van der Waals surface area contributed by atoms with Gasteiger partial charge < -0.3 is 4.74 Å². The Kier molecular flexibility index (Phi) is 4.84. The van der Waals surface area contributed by atoms with Crippen molar-refractivity contribution in [3.05, 3.63) is 11.6 Å². The van der Waals surface area contributed by atoms with Crippen LogP contribution in [-0.4, -0.2) is 18.4 Å². The maximum absolute atomic E-state index is 12.9. The highest BCUT2D eigenvalue weighted by atomic mass is 16.5. The molecule has 2 saturated carbocycles. The molecule has 0 aromatic carbocycles. The third-order valence-electron chi connectivity index (χ3n) is 6.20. The molecule has 0 saturated heterocycles. The van der Waals surface area contributed by atoms with Gasteiger partial charge in [-0.05, 0) is 43.1 Å². The van der Waals surface area contributed by atoms with Gasteiger partial charge in [-0.15, -0.1) is 0 Å². The Morgan fingerprint density at radius 3 is 2.55 bits per heavy atom. The van der Waals surface area contributed by atoms with Gasteiger partial charge in [-0.1, -0.05) is 46.6 Å². The predicted octanol–water partition coefficient (Wildman–Crippen LogP) is 4.31. The van der Waals surface area contributed by atoms with Gasteiger partial charge in [-0.3, -0.25) is 9.59 Å². The van der Waals surface area contributed by atoms with Crippen molar-refractivity contribution in [3.8, 4) is 0 Å². The Morgan fingerprint density at radius 1 is 1.36 bits per heavy atom. The first kappa shape index (κ1) is 17.2. The summed E-state index contributed by atoms with van der Waals surface area (Å²) in [4.78, 5) is 25.1. The number of fused-ring (bicyclic) bond motifs is 2. The molecule has 2 rings (SSSR count). The second kappa shape index (κ2) is 6.17. The van der Waals surface area contributed by atoms with E-state index >= 15 is 0 Å². The maximum atomic E-state index is 12.9. The number of ketones is 1. The second-order valence-corrected chi connectivity index (χ2v) is 7.60. The number of hydrogen-bond donors (Lipinski definition) is 0. The number of unbranched alkanes of at least 4 members (excludes halogenated alkanes) is 1. The lowest BCUT2D eigenvalue weighted by molar-refractivity contribution is -0.146. The van der Waals surface area contributed by atoms with Gasteiger partial charge in [0.25, 0.3) is 0 Å². The van der Waals surface area contributed by atoms with Crippen molar-refractivity contribution >= 4 is 11.8 Å². The van der Waals surface area contributed by atoms with Crippen LogP contribution in [0.4, 0.5) is 0 Å². The van der Waals surface area contributed by atoms with E-state index in [0.29, 0.717) is 12.5 Å². The molecule has 0 heterocycles. The first-order valence-corrected chi connectivity index (χ1v) is 8.72. The van der Waals surface area contributed by atoms with Gasteiger partial charge in [0.05, 0.1) is 12.5 Å². The molecular formula is C19H30O3. The lowest BCUT2D eigenvalue weighted by Crippen LogP contribution is -2.32. The van der Waals surface area contributed by atoms with E-state index in [1.165, 1.54) is 0 Å². The molecular weight excluding hydrogens is 276 g/mol. The molecule has 0 aromatic heterocycles. The van der Waals surface area contributed by atoms with E-state index in [9.17, 15) is 9.59 Å². The van der Waals surface area contributed by atoms with Gasteiger partial charge in [0.15, 0.2) is 5.78 Å². The van der Waals surface area contributed by atoms with Gasteiger partial charge in [0.2, 0.25) is 0 Å². The summed E-state index contributed by atoms with van der Waals surface area (Å²) in [6, 6.07) is 0. The molecule has 22 heavy (non-hydrogen) atoms. The zero-order valence-corrected chi connectivity index (χ0v) is 14.7. The SMILES string of the molecule is CCCC[C@@H](/C=C1/C(=O)[C@@]2(C)CC[C@@H]1C2(C)C)C(=O)OCC. The molecule has 2 fully saturated rings. The number of Topliss-reactive ketones (excluding diaryl/α,β-unsaturated/α-hetero) is 1. The number of rotatable bonds is 6. The van der Waals surface area contributed by atoms with Crippen molar-refractivity contribution in [1.82, 2.24) is 0 Å². The summed E-state index contributed by atoms with van der Waals surface area (Å²) in [7, 11) is 0. The Hall–Kier alpha value is -1.12. The molecule has 0 N–H and O–H groups in total. The molecule has 3 atom stereocenters. The van der Waals surface area contributed by atoms with E-state index in [-0.39, 0.29) is 28.5 Å². The number of esters is 1. The van der Waals surface area contributed by atoms with Crippen LogP contribution in [0.5, 0.6) is 0 Å². The lowest BCUT2D eigenvalue weighted by atomic mass is 9.70. The standard InChI is InChI=1S/C19H30O3/c1-6-8-9-13(17(21)22-7-2)12-14-15-10-11-19(5,16(14)20)18(15,3)4/h12-13,15H,6-11H2,1-5H3/b14-12+/t13-,15-,19+/m0/s1. The molecule has 0 aliphatic heterocycles. The highest BCUT2D eigenvalue weighted by Gasteiger charge is 2.63. The number of allylic oxidation sites excluding steroid dienone is 1. The molecule has 0 spiro atoms. The first-order valence-electron chi connectivity index (χ1n) is 8.72. The number of carbonyl (C=O) groups excluding carboxylic acids is 2. The van der Waals surface area contributed by atoms with Crippen molar-refractivity contribution in [1.29, 1.82) is 0 Å².